The summed E-state index contributed by atoms with van der Waals surface area (Å²) in [6.45, 7) is 0.153. The van der Waals surface area contributed by atoms with Gasteiger partial charge in [-0.05, 0) is 42.5 Å². The standard InChI is InChI=1S/C17H17BrN4O/c1-21-14-7-10-6-11(10)8-15(14)22(17(21)19)9-16(23)20-13-4-2-12(18)3-5-13/h2-5,7-8,10-11,19H,6,9H2,1H3,(H,20,23). The van der Waals surface area contributed by atoms with E-state index in [0.29, 0.717) is 17.5 Å². The Hall–Kier alpha value is -2.08. The quantitative estimate of drug-likeness (QED) is 0.826. The molecule has 1 heterocycles. The van der Waals surface area contributed by atoms with E-state index in [2.05, 4.69) is 33.4 Å². The molecule has 1 aromatic heterocycles. The summed E-state index contributed by atoms with van der Waals surface area (Å²) in [4.78, 5) is 12.3. The number of benzene rings is 1. The van der Waals surface area contributed by atoms with E-state index < -0.39 is 0 Å². The molecule has 6 heteroatoms. The number of amides is 1. The minimum atomic E-state index is -0.120. The Kier molecular flexibility index (Phi) is 3.30. The van der Waals surface area contributed by atoms with Gasteiger partial charge in [0, 0.05) is 17.2 Å². The van der Waals surface area contributed by atoms with Crippen molar-refractivity contribution in [2.24, 2.45) is 18.9 Å². The number of carbonyl (C=O) groups excluding carboxylic acids is 1. The van der Waals surface area contributed by atoms with E-state index in [1.54, 1.807) is 4.57 Å². The molecule has 2 atom stereocenters. The molecule has 2 N–H and O–H groups in total. The Morgan fingerprint density at radius 2 is 1.91 bits per heavy atom. The van der Waals surface area contributed by atoms with Crippen LogP contribution in [0.4, 0.5) is 5.69 Å². The van der Waals surface area contributed by atoms with Gasteiger partial charge in [-0.2, -0.15) is 0 Å². The number of imidazole rings is 1. The van der Waals surface area contributed by atoms with Crippen molar-refractivity contribution >= 4 is 39.7 Å². The molecule has 4 rings (SSSR count). The fraction of sp³-hybridized carbons (Fsp3) is 0.294. The number of carbonyl (C=O) groups is 1. The molecule has 2 aliphatic rings. The first-order valence-electron chi connectivity index (χ1n) is 7.62. The summed E-state index contributed by atoms with van der Waals surface area (Å²) in [6, 6.07) is 7.48. The Bertz CT molecular complexity index is 968. The van der Waals surface area contributed by atoms with Gasteiger partial charge in [-0.15, -0.1) is 0 Å². The van der Waals surface area contributed by atoms with Gasteiger partial charge in [-0.25, -0.2) is 0 Å². The largest absolute Gasteiger partial charge is 0.325 e. The van der Waals surface area contributed by atoms with Crippen LogP contribution >= 0.6 is 15.9 Å². The Morgan fingerprint density at radius 1 is 1.26 bits per heavy atom. The summed E-state index contributed by atoms with van der Waals surface area (Å²) in [5.41, 5.74) is 1.11. The predicted molar refractivity (Wildman–Crippen MR) is 91.8 cm³/mol. The van der Waals surface area contributed by atoms with E-state index in [4.69, 9.17) is 5.41 Å². The van der Waals surface area contributed by atoms with E-state index in [1.165, 1.54) is 6.42 Å². The highest BCUT2D eigenvalue weighted by Crippen LogP contribution is 2.41. The van der Waals surface area contributed by atoms with Gasteiger partial charge in [0.15, 0.2) is 0 Å². The van der Waals surface area contributed by atoms with E-state index >= 15 is 0 Å². The number of anilines is 1. The maximum Gasteiger partial charge on any atom is 0.244 e. The van der Waals surface area contributed by atoms with Gasteiger partial charge in [0.2, 0.25) is 11.5 Å². The molecular weight excluding hydrogens is 356 g/mol. The molecule has 118 valence electrons. The first-order valence-corrected chi connectivity index (χ1v) is 8.41. The predicted octanol–water partition coefficient (Wildman–Crippen LogP) is 0.918. The van der Waals surface area contributed by atoms with Crippen molar-refractivity contribution in [3.05, 3.63) is 45.1 Å². The zero-order valence-electron chi connectivity index (χ0n) is 12.7. The molecule has 1 saturated carbocycles. The van der Waals surface area contributed by atoms with Crippen LogP contribution in [0.25, 0.3) is 12.2 Å². The molecule has 2 aromatic rings. The second-order valence-electron chi connectivity index (χ2n) is 6.19. The molecule has 1 aromatic carbocycles. The number of halogens is 1. The lowest BCUT2D eigenvalue weighted by Gasteiger charge is -2.07. The van der Waals surface area contributed by atoms with Crippen LogP contribution in [0.15, 0.2) is 28.7 Å². The molecule has 0 bridgehead atoms. The second-order valence-corrected chi connectivity index (χ2v) is 7.11. The molecule has 5 nitrogen and oxygen atoms in total. The van der Waals surface area contributed by atoms with Crippen molar-refractivity contribution in [3.63, 3.8) is 0 Å². The van der Waals surface area contributed by atoms with Gasteiger partial charge in [0.1, 0.15) is 6.54 Å². The number of fused-ring (bicyclic) bond motifs is 2. The summed E-state index contributed by atoms with van der Waals surface area (Å²) in [5.74, 6) is 1.09. The fourth-order valence-corrected chi connectivity index (χ4v) is 3.42. The molecule has 1 amide bonds. The Labute approximate surface area is 141 Å². The van der Waals surface area contributed by atoms with Crippen LogP contribution in [0.2, 0.25) is 0 Å². The molecule has 0 spiro atoms. The first-order chi connectivity index (χ1) is 11.0. The van der Waals surface area contributed by atoms with Crippen molar-refractivity contribution in [2.45, 2.75) is 13.0 Å². The summed E-state index contributed by atoms with van der Waals surface area (Å²) in [7, 11) is 1.89. The SMILES string of the molecule is Cn1c2c(n(CC(=O)Nc3ccc(Br)cc3)c1=N)=CC1CC1C=2. The third kappa shape index (κ3) is 2.57. The number of hydrogen-bond donors (Lipinski definition) is 2. The lowest BCUT2D eigenvalue weighted by Crippen LogP contribution is -2.37. The molecule has 2 aliphatic carbocycles. The van der Waals surface area contributed by atoms with Gasteiger partial charge in [-0.1, -0.05) is 28.1 Å². The Morgan fingerprint density at radius 3 is 2.61 bits per heavy atom. The molecular formula is C17H17BrN4O. The Balaban J connectivity index is 1.63. The lowest BCUT2D eigenvalue weighted by atomic mass is 10.2. The summed E-state index contributed by atoms with van der Waals surface area (Å²) < 4.78 is 4.61. The van der Waals surface area contributed by atoms with Gasteiger partial charge < -0.3 is 14.5 Å². The smallest absolute Gasteiger partial charge is 0.244 e. The topological polar surface area (TPSA) is 62.8 Å². The minimum Gasteiger partial charge on any atom is -0.325 e. The molecule has 0 aliphatic heterocycles. The third-order valence-electron chi connectivity index (χ3n) is 4.55. The molecule has 2 unspecified atom stereocenters. The van der Waals surface area contributed by atoms with Gasteiger partial charge >= 0.3 is 0 Å². The van der Waals surface area contributed by atoms with Crippen LogP contribution in [0, 0.1) is 17.2 Å². The van der Waals surface area contributed by atoms with Crippen molar-refractivity contribution < 1.29 is 4.79 Å². The second kappa shape index (κ2) is 5.23. The first kappa shape index (κ1) is 14.5. The molecule has 0 radical (unpaired) electrons. The lowest BCUT2D eigenvalue weighted by molar-refractivity contribution is -0.116. The highest BCUT2D eigenvalue weighted by molar-refractivity contribution is 9.10. The van der Waals surface area contributed by atoms with Crippen molar-refractivity contribution in [1.82, 2.24) is 9.13 Å². The zero-order valence-corrected chi connectivity index (χ0v) is 14.3. The van der Waals surface area contributed by atoms with Gasteiger partial charge in [-0.3, -0.25) is 10.2 Å². The monoisotopic (exact) mass is 372 g/mol. The molecule has 23 heavy (non-hydrogen) atoms. The minimum absolute atomic E-state index is 0.120. The van der Waals surface area contributed by atoms with Crippen molar-refractivity contribution in [3.8, 4) is 0 Å². The van der Waals surface area contributed by atoms with E-state index in [0.717, 1.165) is 20.9 Å². The highest BCUT2D eigenvalue weighted by atomic mass is 79.9. The number of nitrogens with zero attached hydrogens (tertiary/aromatic N) is 2. The molecule has 1 fully saturated rings. The summed E-state index contributed by atoms with van der Waals surface area (Å²) in [6.07, 6.45) is 5.64. The van der Waals surface area contributed by atoms with E-state index in [1.807, 2.05) is 35.9 Å². The van der Waals surface area contributed by atoms with Crippen LogP contribution in [0.1, 0.15) is 6.42 Å². The fourth-order valence-electron chi connectivity index (χ4n) is 3.15. The maximum absolute atomic E-state index is 12.3. The highest BCUT2D eigenvalue weighted by Gasteiger charge is 2.35. The third-order valence-corrected chi connectivity index (χ3v) is 5.08. The van der Waals surface area contributed by atoms with Crippen molar-refractivity contribution in [2.75, 3.05) is 5.32 Å². The molecule has 0 saturated heterocycles. The number of aromatic nitrogens is 2. The summed E-state index contributed by atoms with van der Waals surface area (Å²) >= 11 is 3.38. The van der Waals surface area contributed by atoms with Crippen LogP contribution in [0.3, 0.4) is 0 Å². The van der Waals surface area contributed by atoms with E-state index in [9.17, 15) is 4.79 Å². The maximum atomic E-state index is 12.3. The van der Waals surface area contributed by atoms with Crippen LogP contribution < -0.4 is 21.6 Å². The van der Waals surface area contributed by atoms with Crippen LogP contribution in [-0.4, -0.2) is 15.0 Å². The van der Waals surface area contributed by atoms with Gasteiger partial charge in [0.05, 0.1) is 10.7 Å². The van der Waals surface area contributed by atoms with Crippen LogP contribution in [-0.2, 0) is 18.4 Å². The summed E-state index contributed by atoms with van der Waals surface area (Å²) in [5, 5.41) is 13.2. The van der Waals surface area contributed by atoms with Gasteiger partial charge in [0.25, 0.3) is 0 Å². The van der Waals surface area contributed by atoms with Crippen molar-refractivity contribution in [1.29, 1.82) is 5.41 Å². The average Bonchev–Trinajstić information content (AvgIpc) is 3.26. The number of hydrogen-bond acceptors (Lipinski definition) is 2. The number of nitrogens with one attached hydrogen (secondary N) is 2. The zero-order chi connectivity index (χ0) is 16.1. The average molecular weight is 373 g/mol. The normalized spacial score (nSPS) is 20.8. The van der Waals surface area contributed by atoms with E-state index in [-0.39, 0.29) is 12.5 Å². The van der Waals surface area contributed by atoms with Crippen LogP contribution in [0.5, 0.6) is 0 Å². The number of rotatable bonds is 3.